The van der Waals surface area contributed by atoms with Gasteiger partial charge in [0.25, 0.3) is 10.0 Å². The Morgan fingerprint density at radius 2 is 1.89 bits per heavy atom. The van der Waals surface area contributed by atoms with Gasteiger partial charge in [-0.1, -0.05) is 31.5 Å². The Bertz CT molecular complexity index is 704. The van der Waals surface area contributed by atoms with E-state index in [0.717, 1.165) is 16.9 Å². The minimum absolute atomic E-state index is 0.0947. The highest BCUT2D eigenvalue weighted by molar-refractivity contribution is 7.90. The van der Waals surface area contributed by atoms with Crippen molar-refractivity contribution < 1.29 is 8.42 Å². The molecule has 2 aromatic rings. The zero-order valence-electron chi connectivity index (χ0n) is 10.4. The Kier molecular flexibility index (Phi) is 4.11. The third-order valence-corrected chi connectivity index (χ3v) is 4.67. The predicted octanol–water partition coefficient (Wildman–Crippen LogP) is 1.85. The molecule has 102 valence electrons. The minimum Gasteiger partial charge on any atom is -0.217 e. The van der Waals surface area contributed by atoms with E-state index >= 15 is 0 Å². The number of hydrogen-bond donors (Lipinski definition) is 0. The van der Waals surface area contributed by atoms with Crippen molar-refractivity contribution in [3.63, 3.8) is 0 Å². The maximum atomic E-state index is 12.3. The molecular weight excluding hydrogens is 284 g/mol. The number of nitrogens with zero attached hydrogens (tertiary/aromatic N) is 4. The van der Waals surface area contributed by atoms with Crippen LogP contribution in [-0.4, -0.2) is 27.6 Å². The molecule has 0 fully saturated rings. The summed E-state index contributed by atoms with van der Waals surface area (Å²) in [5, 5.41) is 7.45. The molecule has 0 amide bonds. The van der Waals surface area contributed by atoms with Crippen LogP contribution in [0.15, 0.2) is 35.2 Å². The first-order chi connectivity index (χ1) is 9.07. The topological polar surface area (TPSA) is 69.8 Å². The summed E-state index contributed by atoms with van der Waals surface area (Å²) in [5.74, 6) is 0. The van der Waals surface area contributed by atoms with Crippen LogP contribution in [0.4, 0.5) is 0 Å². The van der Waals surface area contributed by atoms with Gasteiger partial charge in [0.2, 0.25) is 4.77 Å². The molecule has 0 saturated heterocycles. The molecule has 0 aliphatic rings. The van der Waals surface area contributed by atoms with Crippen molar-refractivity contribution in [2.24, 2.45) is 0 Å². The third-order valence-electron chi connectivity index (χ3n) is 2.61. The summed E-state index contributed by atoms with van der Waals surface area (Å²) in [4.78, 5) is 0.147. The van der Waals surface area contributed by atoms with Gasteiger partial charge in [-0.2, -0.15) is 8.42 Å². The van der Waals surface area contributed by atoms with Gasteiger partial charge in [-0.15, -0.1) is 4.09 Å². The molecule has 0 bridgehead atoms. The summed E-state index contributed by atoms with van der Waals surface area (Å²) in [7, 11) is -3.76. The third kappa shape index (κ3) is 2.74. The Morgan fingerprint density at radius 1 is 1.21 bits per heavy atom. The predicted molar refractivity (Wildman–Crippen MR) is 72.8 cm³/mol. The summed E-state index contributed by atoms with van der Waals surface area (Å²) in [6.45, 7) is 2.61. The van der Waals surface area contributed by atoms with Crippen LogP contribution < -0.4 is 0 Å². The fourth-order valence-electron chi connectivity index (χ4n) is 1.55. The van der Waals surface area contributed by atoms with Gasteiger partial charge in [0.05, 0.1) is 4.90 Å². The first-order valence-corrected chi connectivity index (χ1v) is 7.75. The number of tetrazole rings is 1. The average Bonchev–Trinajstić information content (AvgIpc) is 2.79. The van der Waals surface area contributed by atoms with Crippen LogP contribution in [0.2, 0.25) is 0 Å². The van der Waals surface area contributed by atoms with Gasteiger partial charge in [0.1, 0.15) is 0 Å². The van der Waals surface area contributed by atoms with Crippen molar-refractivity contribution in [3.05, 3.63) is 35.1 Å². The highest BCUT2D eigenvalue weighted by atomic mass is 32.2. The van der Waals surface area contributed by atoms with Gasteiger partial charge < -0.3 is 0 Å². The molecule has 0 aliphatic heterocycles. The summed E-state index contributed by atoms with van der Waals surface area (Å²) in [6.07, 6.45) is 1.85. The molecule has 1 heterocycles. The van der Waals surface area contributed by atoms with Crippen LogP contribution in [-0.2, 0) is 16.6 Å². The van der Waals surface area contributed by atoms with Crippen LogP contribution in [0.1, 0.15) is 19.8 Å². The lowest BCUT2D eigenvalue weighted by molar-refractivity contribution is 0.548. The second-order valence-electron chi connectivity index (χ2n) is 4.00. The van der Waals surface area contributed by atoms with Crippen LogP contribution in [0.25, 0.3) is 0 Å². The van der Waals surface area contributed by atoms with Crippen molar-refractivity contribution in [1.29, 1.82) is 0 Å². The molecule has 8 heteroatoms. The number of benzene rings is 1. The Morgan fingerprint density at radius 3 is 2.53 bits per heavy atom. The Hall–Kier alpha value is -1.54. The van der Waals surface area contributed by atoms with Crippen LogP contribution in [0, 0.1) is 4.77 Å². The molecule has 0 atom stereocenters. The van der Waals surface area contributed by atoms with E-state index in [1.165, 1.54) is 16.8 Å². The van der Waals surface area contributed by atoms with Gasteiger partial charge in [0, 0.05) is 6.54 Å². The summed E-state index contributed by atoms with van der Waals surface area (Å²) < 4.78 is 27.0. The molecule has 0 N–H and O–H groups in total. The molecule has 0 spiro atoms. The summed E-state index contributed by atoms with van der Waals surface area (Å²) in [6, 6.07) is 8.05. The number of unbranched alkanes of at least 4 members (excludes halogenated alkanes) is 1. The van der Waals surface area contributed by atoms with Gasteiger partial charge in [-0.25, -0.2) is 4.68 Å². The second-order valence-corrected chi connectivity index (χ2v) is 6.13. The average molecular weight is 298 g/mol. The maximum absolute atomic E-state index is 12.3. The number of rotatable bonds is 5. The first kappa shape index (κ1) is 13.9. The number of aryl methyl sites for hydroxylation is 1. The fraction of sp³-hybridized carbons (Fsp3) is 0.364. The highest BCUT2D eigenvalue weighted by Gasteiger charge is 2.20. The molecular formula is C11H14N4O2S2. The molecule has 0 saturated carbocycles. The van der Waals surface area contributed by atoms with Crippen LogP contribution in [0.3, 0.4) is 0 Å². The van der Waals surface area contributed by atoms with Gasteiger partial charge in [0.15, 0.2) is 0 Å². The number of aromatic nitrogens is 4. The van der Waals surface area contributed by atoms with Crippen molar-refractivity contribution in [2.75, 3.05) is 0 Å². The van der Waals surface area contributed by atoms with Gasteiger partial charge >= 0.3 is 0 Å². The molecule has 6 nitrogen and oxygen atoms in total. The standard InChI is InChI=1S/C11H14N4O2S2/c1-2-3-9-14-11(18)15(13-12-14)19(16,17)10-7-5-4-6-8-10/h4-8H,2-3,9H2,1H3. The van der Waals surface area contributed by atoms with E-state index < -0.39 is 10.0 Å². The normalized spacial score (nSPS) is 11.6. The quantitative estimate of drug-likeness (QED) is 0.788. The van der Waals surface area contributed by atoms with E-state index in [-0.39, 0.29) is 9.67 Å². The van der Waals surface area contributed by atoms with E-state index in [1.54, 1.807) is 18.2 Å². The first-order valence-electron chi connectivity index (χ1n) is 5.91. The lowest BCUT2D eigenvalue weighted by Gasteiger charge is -2.02. The fourth-order valence-corrected chi connectivity index (χ4v) is 3.14. The molecule has 0 radical (unpaired) electrons. The lowest BCUT2D eigenvalue weighted by Crippen LogP contribution is -2.15. The Balaban J connectivity index is 2.43. The van der Waals surface area contributed by atoms with Crippen molar-refractivity contribution in [3.8, 4) is 0 Å². The van der Waals surface area contributed by atoms with Crippen molar-refractivity contribution in [1.82, 2.24) is 19.2 Å². The minimum atomic E-state index is -3.76. The molecule has 1 aromatic carbocycles. The van der Waals surface area contributed by atoms with E-state index in [2.05, 4.69) is 10.4 Å². The molecule has 0 unspecified atom stereocenters. The van der Waals surface area contributed by atoms with Gasteiger partial charge in [-0.3, -0.25) is 0 Å². The monoisotopic (exact) mass is 298 g/mol. The van der Waals surface area contributed by atoms with Crippen molar-refractivity contribution >= 4 is 22.2 Å². The Labute approximate surface area is 116 Å². The molecule has 0 aliphatic carbocycles. The van der Waals surface area contributed by atoms with Crippen LogP contribution in [0.5, 0.6) is 0 Å². The zero-order valence-corrected chi connectivity index (χ0v) is 12.1. The highest BCUT2D eigenvalue weighted by Crippen LogP contribution is 2.12. The second kappa shape index (κ2) is 5.62. The smallest absolute Gasteiger partial charge is 0.217 e. The molecule has 2 rings (SSSR count). The summed E-state index contributed by atoms with van der Waals surface area (Å²) >= 11 is 5.11. The SMILES string of the molecule is CCCCn1nnn(S(=O)(=O)c2ccccc2)c1=S. The maximum Gasteiger partial charge on any atom is 0.287 e. The largest absolute Gasteiger partial charge is 0.287 e. The zero-order chi connectivity index (χ0) is 13.9. The van der Waals surface area contributed by atoms with Crippen molar-refractivity contribution in [2.45, 2.75) is 31.2 Å². The van der Waals surface area contributed by atoms with E-state index in [0.29, 0.717) is 6.54 Å². The van der Waals surface area contributed by atoms with E-state index in [9.17, 15) is 8.42 Å². The summed E-state index contributed by atoms with van der Waals surface area (Å²) in [5.41, 5.74) is 0. The van der Waals surface area contributed by atoms with Crippen LogP contribution >= 0.6 is 12.2 Å². The lowest BCUT2D eigenvalue weighted by atomic mass is 10.3. The van der Waals surface area contributed by atoms with Gasteiger partial charge in [-0.05, 0) is 41.2 Å². The molecule has 1 aromatic heterocycles. The van der Waals surface area contributed by atoms with E-state index in [1.807, 2.05) is 6.92 Å². The van der Waals surface area contributed by atoms with E-state index in [4.69, 9.17) is 12.2 Å². The number of hydrogen-bond acceptors (Lipinski definition) is 5. The molecule has 19 heavy (non-hydrogen) atoms.